The van der Waals surface area contributed by atoms with E-state index in [1.54, 1.807) is 0 Å². The lowest BCUT2D eigenvalue weighted by Crippen LogP contribution is -2.64. The summed E-state index contributed by atoms with van der Waals surface area (Å²) in [5.41, 5.74) is 6.16. The van der Waals surface area contributed by atoms with Gasteiger partial charge in [0.2, 0.25) is 0 Å². The van der Waals surface area contributed by atoms with Crippen molar-refractivity contribution in [3.8, 4) is 0 Å². The van der Waals surface area contributed by atoms with Crippen molar-refractivity contribution in [2.45, 2.75) is 219 Å². The molecule has 0 aromatic rings. The third-order valence-corrected chi connectivity index (χ3v) is 35.9. The molecule has 0 aromatic heterocycles. The summed E-state index contributed by atoms with van der Waals surface area (Å²) in [6, 6.07) is 0. The Morgan fingerprint density at radius 2 is 0.725 bits per heavy atom. The maximum atomic E-state index is 7.78. The highest BCUT2D eigenvalue weighted by Crippen LogP contribution is 2.46. The fourth-order valence-electron chi connectivity index (χ4n) is 4.38. The molecule has 4 atom stereocenters. The SMILES string of the molecule is CN(CCN)C[C@@H](O[Si](C)(C)C(C)(C)C)[C@H](O[Si](C)(C)C(C)(C)C)[C@@H](O[Si](C)(C)C(C)(C)C)[C@H](CO[Si](C)(C)C(C)(C)C)O[Si](C)(C)C(C)(C)C. The van der Waals surface area contributed by atoms with Crippen molar-refractivity contribution in [2.24, 2.45) is 5.73 Å². The van der Waals surface area contributed by atoms with Crippen molar-refractivity contribution in [3.05, 3.63) is 0 Å². The summed E-state index contributed by atoms with van der Waals surface area (Å²) in [7, 11) is -9.39. The van der Waals surface area contributed by atoms with E-state index in [9.17, 15) is 0 Å². The lowest BCUT2D eigenvalue weighted by molar-refractivity contribution is -0.0975. The second kappa shape index (κ2) is 17.5. The second-order valence-corrected chi connectivity index (χ2v) is 47.0. The van der Waals surface area contributed by atoms with Gasteiger partial charge in [0.15, 0.2) is 41.6 Å². The first kappa shape index (κ1) is 51.8. The van der Waals surface area contributed by atoms with Crippen LogP contribution in [0.25, 0.3) is 0 Å². The summed E-state index contributed by atoms with van der Waals surface area (Å²) < 4.78 is 37.9. The van der Waals surface area contributed by atoms with Gasteiger partial charge in [-0.1, -0.05) is 104 Å². The number of nitrogens with zero attached hydrogens (tertiary/aromatic N) is 1. The highest BCUT2D eigenvalue weighted by molar-refractivity contribution is 6.76. The van der Waals surface area contributed by atoms with Gasteiger partial charge in [-0.05, 0) is 97.7 Å². The normalized spacial score (nSPS) is 17.9. The molecule has 51 heavy (non-hydrogen) atoms. The van der Waals surface area contributed by atoms with Crippen LogP contribution < -0.4 is 5.73 Å². The molecule has 0 saturated heterocycles. The van der Waals surface area contributed by atoms with Crippen LogP contribution in [0.1, 0.15) is 104 Å². The summed E-state index contributed by atoms with van der Waals surface area (Å²) in [4.78, 5) is 2.32. The van der Waals surface area contributed by atoms with E-state index in [0.29, 0.717) is 19.7 Å². The zero-order valence-electron chi connectivity index (χ0n) is 39.2. The standard InChI is InChI=1S/C39H92N2O5Si5/c1-35(2,3)47(17,18)42-30-32(44-49(21,22)37(7,8)9)34(46-51(25,26)39(13,14)15)33(45-50(23,24)38(10,11)12)31(29-41(16)28-27-40)43-48(19,20)36(4,5)6/h31-34H,27-30,40H2,1-26H3/t31-,32+,33+,34+/m1/s1. The van der Waals surface area contributed by atoms with Crippen LogP contribution in [-0.2, 0) is 22.1 Å². The highest BCUT2D eigenvalue weighted by Gasteiger charge is 2.53. The average molecular weight is 810 g/mol. The lowest BCUT2D eigenvalue weighted by Gasteiger charge is -2.52. The van der Waals surface area contributed by atoms with Gasteiger partial charge < -0.3 is 32.8 Å². The van der Waals surface area contributed by atoms with Gasteiger partial charge in [0.25, 0.3) is 0 Å². The molecule has 0 aliphatic heterocycles. The maximum Gasteiger partial charge on any atom is 0.192 e. The minimum atomic E-state index is -2.40. The summed E-state index contributed by atoms with van der Waals surface area (Å²) in [6.07, 6.45) is -1.38. The Bertz CT molecular complexity index is 1060. The number of likely N-dealkylation sites (N-methyl/N-ethyl adjacent to an activating group) is 1. The van der Waals surface area contributed by atoms with E-state index in [1.807, 2.05) is 0 Å². The van der Waals surface area contributed by atoms with Crippen molar-refractivity contribution in [3.63, 3.8) is 0 Å². The summed E-state index contributed by atoms with van der Waals surface area (Å²) >= 11 is 0. The minimum Gasteiger partial charge on any atom is -0.414 e. The van der Waals surface area contributed by atoms with Crippen LogP contribution in [0.5, 0.6) is 0 Å². The summed E-state index contributed by atoms with van der Waals surface area (Å²) in [5, 5.41) is 0.0151. The first-order chi connectivity index (χ1) is 22.1. The number of nitrogens with two attached hydrogens (primary N) is 1. The van der Waals surface area contributed by atoms with Crippen molar-refractivity contribution in [2.75, 3.05) is 33.3 Å². The molecule has 0 bridgehead atoms. The van der Waals surface area contributed by atoms with Gasteiger partial charge in [-0.25, -0.2) is 0 Å². The van der Waals surface area contributed by atoms with E-state index < -0.39 is 47.7 Å². The molecule has 0 amide bonds. The first-order valence-corrected chi connectivity index (χ1v) is 34.3. The lowest BCUT2D eigenvalue weighted by atomic mass is 10.0. The molecule has 7 nitrogen and oxygen atoms in total. The van der Waals surface area contributed by atoms with Crippen LogP contribution in [0.2, 0.25) is 90.7 Å². The maximum absolute atomic E-state index is 7.78. The van der Waals surface area contributed by atoms with Crippen LogP contribution >= 0.6 is 0 Å². The van der Waals surface area contributed by atoms with Crippen molar-refractivity contribution in [1.82, 2.24) is 4.90 Å². The molecule has 0 heterocycles. The Labute approximate surface area is 325 Å². The van der Waals surface area contributed by atoms with E-state index in [2.05, 4.69) is 181 Å². The topological polar surface area (TPSA) is 75.4 Å². The number of hydrogen-bond acceptors (Lipinski definition) is 7. The molecule has 2 N–H and O–H groups in total. The van der Waals surface area contributed by atoms with Crippen molar-refractivity contribution >= 4 is 41.6 Å². The van der Waals surface area contributed by atoms with E-state index in [0.717, 1.165) is 6.54 Å². The Hall–Kier alpha value is 0.804. The quantitative estimate of drug-likeness (QED) is 0.138. The van der Waals surface area contributed by atoms with Crippen LogP contribution in [0.4, 0.5) is 0 Å². The largest absolute Gasteiger partial charge is 0.414 e. The zero-order valence-corrected chi connectivity index (χ0v) is 44.2. The molecule has 0 aliphatic carbocycles. The molecule has 0 fully saturated rings. The van der Waals surface area contributed by atoms with Crippen molar-refractivity contribution < 1.29 is 22.1 Å². The molecule has 0 aliphatic rings. The summed E-state index contributed by atoms with van der Waals surface area (Å²) in [5.74, 6) is 0. The fourth-order valence-corrected chi connectivity index (χ4v) is 10.7. The van der Waals surface area contributed by atoms with Crippen LogP contribution in [-0.4, -0.2) is 104 Å². The van der Waals surface area contributed by atoms with E-state index >= 15 is 0 Å². The van der Waals surface area contributed by atoms with Gasteiger partial charge in [-0.15, -0.1) is 0 Å². The van der Waals surface area contributed by atoms with Gasteiger partial charge >= 0.3 is 0 Å². The zero-order chi connectivity index (χ0) is 41.3. The van der Waals surface area contributed by atoms with Crippen molar-refractivity contribution in [1.29, 1.82) is 0 Å². The van der Waals surface area contributed by atoms with E-state index in [-0.39, 0.29) is 43.5 Å². The molecule has 0 saturated carbocycles. The molecular weight excluding hydrogens is 717 g/mol. The van der Waals surface area contributed by atoms with E-state index in [4.69, 9.17) is 27.9 Å². The monoisotopic (exact) mass is 809 g/mol. The van der Waals surface area contributed by atoms with Crippen LogP contribution in [0, 0.1) is 0 Å². The third kappa shape index (κ3) is 14.7. The van der Waals surface area contributed by atoms with Gasteiger partial charge in [0, 0.05) is 19.6 Å². The van der Waals surface area contributed by atoms with Gasteiger partial charge in [0.1, 0.15) is 0 Å². The predicted molar refractivity (Wildman–Crippen MR) is 238 cm³/mol. The Balaban J connectivity index is 8.28. The van der Waals surface area contributed by atoms with E-state index in [1.165, 1.54) is 0 Å². The smallest absolute Gasteiger partial charge is 0.192 e. The Morgan fingerprint density at radius 1 is 0.451 bits per heavy atom. The van der Waals surface area contributed by atoms with Crippen LogP contribution in [0.15, 0.2) is 0 Å². The molecule has 0 unspecified atom stereocenters. The van der Waals surface area contributed by atoms with Gasteiger partial charge in [0.05, 0.1) is 31.0 Å². The molecule has 0 spiro atoms. The average Bonchev–Trinajstić information content (AvgIpc) is 2.84. The third-order valence-electron chi connectivity index (χ3n) is 13.5. The Morgan fingerprint density at radius 3 is 1.02 bits per heavy atom. The molecule has 0 radical (unpaired) electrons. The summed E-state index contributed by atoms with van der Waals surface area (Å²) in [6.45, 7) is 60.9. The molecule has 12 heteroatoms. The molecular formula is C39H92N2O5Si5. The number of hydrogen-bond donors (Lipinski definition) is 1. The van der Waals surface area contributed by atoms with Gasteiger partial charge in [-0.3, -0.25) is 0 Å². The van der Waals surface area contributed by atoms with Gasteiger partial charge in [-0.2, -0.15) is 0 Å². The molecule has 0 rings (SSSR count). The fraction of sp³-hybridized carbons (Fsp3) is 1.00. The molecule has 308 valence electrons. The Kier molecular flexibility index (Phi) is 17.8. The first-order valence-electron chi connectivity index (χ1n) is 19.8. The molecule has 0 aromatic carbocycles. The predicted octanol–water partition coefficient (Wildman–Crippen LogP) is 11.5. The highest BCUT2D eigenvalue weighted by atomic mass is 28.4. The van der Waals surface area contributed by atoms with Crippen LogP contribution in [0.3, 0.4) is 0 Å². The number of rotatable bonds is 18. The minimum absolute atomic E-state index is 0.00207. The second-order valence-electron chi connectivity index (χ2n) is 23.1.